The van der Waals surface area contributed by atoms with Gasteiger partial charge in [-0.15, -0.1) is 0 Å². The predicted molar refractivity (Wildman–Crippen MR) is 93.1 cm³/mol. The van der Waals surface area contributed by atoms with E-state index in [2.05, 4.69) is 5.32 Å². The van der Waals surface area contributed by atoms with Crippen LogP contribution in [-0.2, 0) is 14.8 Å². The van der Waals surface area contributed by atoms with Crippen LogP contribution in [0, 0.1) is 13.8 Å². The maximum Gasteiger partial charge on any atom is 0.243 e. The van der Waals surface area contributed by atoms with E-state index < -0.39 is 16.1 Å². The van der Waals surface area contributed by atoms with Gasteiger partial charge in [0.1, 0.15) is 6.04 Å². The molecule has 0 aromatic heterocycles. The van der Waals surface area contributed by atoms with Crippen molar-refractivity contribution in [3.63, 3.8) is 0 Å². The van der Waals surface area contributed by atoms with E-state index in [9.17, 15) is 13.2 Å². The van der Waals surface area contributed by atoms with Gasteiger partial charge in [-0.3, -0.25) is 9.10 Å². The predicted octanol–water partition coefficient (Wildman–Crippen LogP) is 2.52. The normalized spacial score (nSPS) is 17.0. The van der Waals surface area contributed by atoms with E-state index in [1.165, 1.54) is 4.31 Å². The first-order valence-electron chi connectivity index (χ1n) is 8.07. The number of nitrogens with one attached hydrogen (secondary N) is 1. The quantitative estimate of drug-likeness (QED) is 0.897. The molecular weight excluding hydrogens is 312 g/mol. The molecule has 1 atom stereocenters. The van der Waals surface area contributed by atoms with Gasteiger partial charge >= 0.3 is 0 Å². The van der Waals surface area contributed by atoms with Crippen molar-refractivity contribution in [3.05, 3.63) is 29.3 Å². The molecule has 0 heterocycles. The highest BCUT2D eigenvalue weighted by Gasteiger charge is 2.31. The number of sulfonamides is 1. The molecule has 1 aromatic carbocycles. The van der Waals surface area contributed by atoms with Gasteiger partial charge in [-0.05, 0) is 50.8 Å². The number of carbonyl (C=O) groups excluding carboxylic acids is 1. The molecule has 5 nitrogen and oxygen atoms in total. The Balaban J connectivity index is 2.31. The van der Waals surface area contributed by atoms with E-state index >= 15 is 0 Å². The fourth-order valence-corrected chi connectivity index (χ4v) is 4.35. The number of hydrogen-bond donors (Lipinski definition) is 1. The van der Waals surface area contributed by atoms with Gasteiger partial charge in [-0.25, -0.2) is 8.42 Å². The summed E-state index contributed by atoms with van der Waals surface area (Å²) < 4.78 is 25.9. The highest BCUT2D eigenvalue weighted by molar-refractivity contribution is 7.92. The smallest absolute Gasteiger partial charge is 0.243 e. The van der Waals surface area contributed by atoms with Gasteiger partial charge < -0.3 is 5.32 Å². The molecule has 6 heteroatoms. The lowest BCUT2D eigenvalue weighted by molar-refractivity contribution is -0.122. The summed E-state index contributed by atoms with van der Waals surface area (Å²) in [5, 5.41) is 2.99. The van der Waals surface area contributed by atoms with Crippen LogP contribution in [-0.4, -0.2) is 32.7 Å². The third-order valence-corrected chi connectivity index (χ3v) is 5.62. The molecule has 0 aliphatic heterocycles. The van der Waals surface area contributed by atoms with Gasteiger partial charge in [0.2, 0.25) is 15.9 Å². The standard InChI is InChI=1S/C17H26N2O3S/c1-12-9-10-13(2)16(11-12)19(23(4,21)22)14(3)17(20)18-15-7-5-6-8-15/h9-11,14-15H,5-8H2,1-4H3,(H,18,20)/t14-/m0/s1. The van der Waals surface area contributed by atoms with Crippen molar-refractivity contribution in [2.45, 2.75) is 58.5 Å². The first-order valence-corrected chi connectivity index (χ1v) is 9.92. The van der Waals surface area contributed by atoms with Crippen LogP contribution in [0.2, 0.25) is 0 Å². The molecule has 1 saturated carbocycles. The molecule has 128 valence electrons. The molecular formula is C17H26N2O3S. The van der Waals surface area contributed by atoms with Gasteiger partial charge in [0.15, 0.2) is 0 Å². The van der Waals surface area contributed by atoms with Gasteiger partial charge in [0.05, 0.1) is 11.9 Å². The summed E-state index contributed by atoms with van der Waals surface area (Å²) in [4.78, 5) is 12.5. The van der Waals surface area contributed by atoms with E-state index in [1.54, 1.807) is 6.92 Å². The van der Waals surface area contributed by atoms with Crippen molar-refractivity contribution in [1.29, 1.82) is 0 Å². The zero-order chi connectivity index (χ0) is 17.2. The van der Waals surface area contributed by atoms with E-state index in [0.29, 0.717) is 5.69 Å². The van der Waals surface area contributed by atoms with Crippen LogP contribution >= 0.6 is 0 Å². The Labute approximate surface area is 139 Å². The summed E-state index contributed by atoms with van der Waals surface area (Å²) >= 11 is 0. The van der Waals surface area contributed by atoms with Crippen molar-refractivity contribution in [1.82, 2.24) is 5.32 Å². The Morgan fingerprint density at radius 3 is 2.43 bits per heavy atom. The Hall–Kier alpha value is -1.56. The Bertz CT molecular complexity index is 679. The first-order chi connectivity index (χ1) is 10.7. The molecule has 1 aromatic rings. The lowest BCUT2D eigenvalue weighted by Gasteiger charge is -2.30. The molecule has 0 bridgehead atoms. The minimum atomic E-state index is -3.56. The summed E-state index contributed by atoms with van der Waals surface area (Å²) in [6.45, 7) is 5.41. The van der Waals surface area contributed by atoms with Gasteiger partial charge in [0.25, 0.3) is 0 Å². The largest absolute Gasteiger partial charge is 0.352 e. The molecule has 0 spiro atoms. The number of anilines is 1. The summed E-state index contributed by atoms with van der Waals surface area (Å²) in [6.07, 6.45) is 5.33. The van der Waals surface area contributed by atoms with Crippen molar-refractivity contribution in [3.8, 4) is 0 Å². The Kier molecular flexibility index (Phi) is 5.34. The van der Waals surface area contributed by atoms with Crippen molar-refractivity contribution in [2.24, 2.45) is 0 Å². The van der Waals surface area contributed by atoms with E-state index in [0.717, 1.165) is 43.1 Å². The highest BCUT2D eigenvalue weighted by Crippen LogP contribution is 2.26. The van der Waals surface area contributed by atoms with Crippen LogP contribution in [0.3, 0.4) is 0 Å². The summed E-state index contributed by atoms with van der Waals surface area (Å²) in [7, 11) is -3.56. The molecule has 1 fully saturated rings. The number of hydrogen-bond acceptors (Lipinski definition) is 3. The lowest BCUT2D eigenvalue weighted by Crippen LogP contribution is -2.50. The van der Waals surface area contributed by atoms with Gasteiger partial charge in [-0.1, -0.05) is 25.0 Å². The second-order valence-electron chi connectivity index (χ2n) is 6.51. The third-order valence-electron chi connectivity index (χ3n) is 4.39. The molecule has 23 heavy (non-hydrogen) atoms. The molecule has 1 aliphatic carbocycles. The zero-order valence-corrected chi connectivity index (χ0v) is 15.1. The SMILES string of the molecule is Cc1ccc(C)c(N([C@@H](C)C(=O)NC2CCCC2)S(C)(=O)=O)c1. The maximum absolute atomic E-state index is 12.5. The minimum absolute atomic E-state index is 0.171. The third kappa shape index (κ3) is 4.25. The summed E-state index contributed by atoms with van der Waals surface area (Å²) in [6, 6.07) is 5.03. The number of aryl methyl sites for hydroxylation is 2. The maximum atomic E-state index is 12.5. The average molecular weight is 338 g/mol. The summed E-state index contributed by atoms with van der Waals surface area (Å²) in [5.74, 6) is -0.233. The number of amides is 1. The average Bonchev–Trinajstić information content (AvgIpc) is 2.94. The second-order valence-corrected chi connectivity index (χ2v) is 8.37. The number of rotatable bonds is 5. The van der Waals surface area contributed by atoms with Crippen LogP contribution in [0.25, 0.3) is 0 Å². The van der Waals surface area contributed by atoms with E-state index in [-0.39, 0.29) is 11.9 Å². The van der Waals surface area contributed by atoms with Crippen LogP contribution in [0.1, 0.15) is 43.7 Å². The van der Waals surface area contributed by atoms with Gasteiger partial charge in [0, 0.05) is 6.04 Å². The molecule has 1 aliphatic rings. The minimum Gasteiger partial charge on any atom is -0.352 e. The van der Waals surface area contributed by atoms with Crippen LogP contribution in [0.5, 0.6) is 0 Å². The molecule has 0 radical (unpaired) electrons. The van der Waals surface area contributed by atoms with Crippen molar-refractivity contribution >= 4 is 21.6 Å². The van der Waals surface area contributed by atoms with E-state index in [1.807, 2.05) is 32.0 Å². The van der Waals surface area contributed by atoms with E-state index in [4.69, 9.17) is 0 Å². The van der Waals surface area contributed by atoms with Crippen molar-refractivity contribution < 1.29 is 13.2 Å². The fourth-order valence-electron chi connectivity index (χ4n) is 3.13. The molecule has 2 rings (SSSR count). The lowest BCUT2D eigenvalue weighted by atomic mass is 10.1. The second kappa shape index (κ2) is 6.91. The topological polar surface area (TPSA) is 66.5 Å². The van der Waals surface area contributed by atoms with Crippen LogP contribution in [0.4, 0.5) is 5.69 Å². The molecule has 0 unspecified atom stereocenters. The molecule has 1 amide bonds. The van der Waals surface area contributed by atoms with Gasteiger partial charge in [-0.2, -0.15) is 0 Å². The monoisotopic (exact) mass is 338 g/mol. The highest BCUT2D eigenvalue weighted by atomic mass is 32.2. The molecule has 1 N–H and O–H groups in total. The molecule has 0 saturated heterocycles. The first kappa shape index (κ1) is 17.8. The van der Waals surface area contributed by atoms with Crippen LogP contribution < -0.4 is 9.62 Å². The van der Waals surface area contributed by atoms with Crippen LogP contribution in [0.15, 0.2) is 18.2 Å². The number of nitrogens with zero attached hydrogens (tertiary/aromatic N) is 1. The Morgan fingerprint density at radius 2 is 1.87 bits per heavy atom. The summed E-state index contributed by atoms with van der Waals surface area (Å²) in [5.41, 5.74) is 2.37. The number of benzene rings is 1. The Morgan fingerprint density at radius 1 is 1.26 bits per heavy atom. The van der Waals surface area contributed by atoms with Crippen molar-refractivity contribution in [2.75, 3.05) is 10.6 Å². The fraction of sp³-hybridized carbons (Fsp3) is 0.588. The number of carbonyl (C=O) groups is 1. The zero-order valence-electron chi connectivity index (χ0n) is 14.3.